The van der Waals surface area contributed by atoms with Gasteiger partial charge in [0, 0.05) is 23.1 Å². The first-order valence-corrected chi connectivity index (χ1v) is 8.35. The van der Waals surface area contributed by atoms with Gasteiger partial charge in [0.1, 0.15) is 5.01 Å². The number of nitro benzene ring substituents is 1. The van der Waals surface area contributed by atoms with Crippen LogP contribution in [0.2, 0.25) is 0 Å². The third-order valence-corrected chi connectivity index (χ3v) is 4.52. The molecule has 0 saturated carbocycles. The Bertz CT molecular complexity index is 963. The second-order valence-corrected chi connectivity index (χ2v) is 6.21. The number of aromatic nitrogens is 1. The highest BCUT2D eigenvalue weighted by Gasteiger charge is 2.12. The van der Waals surface area contributed by atoms with E-state index in [1.165, 1.54) is 23.5 Å². The maximum atomic E-state index is 10.7. The van der Waals surface area contributed by atoms with Crippen LogP contribution >= 0.6 is 11.3 Å². The maximum Gasteiger partial charge on any atom is 0.269 e. The van der Waals surface area contributed by atoms with E-state index in [2.05, 4.69) is 4.98 Å². The molecule has 0 bridgehead atoms. The van der Waals surface area contributed by atoms with Gasteiger partial charge in [-0.2, -0.15) is 0 Å². The molecule has 0 radical (unpaired) electrons. The average Bonchev–Trinajstić information content (AvgIpc) is 3.29. The maximum absolute atomic E-state index is 10.7. The quantitative estimate of drug-likeness (QED) is 0.506. The van der Waals surface area contributed by atoms with Crippen LogP contribution in [0.15, 0.2) is 47.8 Å². The molecule has 25 heavy (non-hydrogen) atoms. The Hall–Kier alpha value is -3.19. The molecule has 1 aromatic heterocycles. The summed E-state index contributed by atoms with van der Waals surface area (Å²) in [6.45, 7) is 0.258. The lowest BCUT2D eigenvalue weighted by molar-refractivity contribution is -0.384. The molecule has 0 unspecified atom stereocenters. The highest BCUT2D eigenvalue weighted by Crippen LogP contribution is 2.33. The first kappa shape index (κ1) is 15.3. The zero-order valence-corrected chi connectivity index (χ0v) is 13.7. The molecule has 1 aliphatic heterocycles. The van der Waals surface area contributed by atoms with Gasteiger partial charge in [-0.05, 0) is 35.9 Å². The van der Waals surface area contributed by atoms with Crippen molar-refractivity contribution in [1.29, 1.82) is 0 Å². The Labute approximate surface area is 147 Å². The number of rotatable bonds is 4. The molecule has 2 aromatic carbocycles. The van der Waals surface area contributed by atoms with Crippen LogP contribution in [-0.2, 0) is 0 Å². The van der Waals surface area contributed by atoms with Gasteiger partial charge in [-0.15, -0.1) is 11.3 Å². The van der Waals surface area contributed by atoms with Crippen LogP contribution in [0.5, 0.6) is 11.5 Å². The molecule has 0 spiro atoms. The summed E-state index contributed by atoms with van der Waals surface area (Å²) in [5.41, 5.74) is 2.72. The molecule has 3 aromatic rings. The minimum atomic E-state index is -0.412. The fourth-order valence-electron chi connectivity index (χ4n) is 2.43. The summed E-state index contributed by atoms with van der Waals surface area (Å²) in [4.78, 5) is 14.8. The molecule has 0 fully saturated rings. The van der Waals surface area contributed by atoms with Gasteiger partial charge in [0.15, 0.2) is 11.5 Å². The van der Waals surface area contributed by atoms with Crippen molar-refractivity contribution in [3.8, 4) is 22.8 Å². The van der Waals surface area contributed by atoms with E-state index in [0.717, 1.165) is 33.3 Å². The van der Waals surface area contributed by atoms with Gasteiger partial charge in [0.05, 0.1) is 10.6 Å². The van der Waals surface area contributed by atoms with E-state index in [4.69, 9.17) is 9.47 Å². The molecular weight excluding hydrogens is 340 g/mol. The van der Waals surface area contributed by atoms with Gasteiger partial charge in [-0.3, -0.25) is 10.1 Å². The normalized spacial score (nSPS) is 12.6. The number of thiazole rings is 1. The second kappa shape index (κ2) is 6.37. The third-order valence-electron chi connectivity index (χ3n) is 3.71. The fraction of sp³-hybridized carbons (Fsp3) is 0.0556. The number of nitro groups is 1. The third kappa shape index (κ3) is 3.22. The van der Waals surface area contributed by atoms with Crippen LogP contribution in [0.3, 0.4) is 0 Å². The molecule has 0 atom stereocenters. The zero-order valence-electron chi connectivity index (χ0n) is 12.9. The highest BCUT2D eigenvalue weighted by molar-refractivity contribution is 7.10. The Balaban J connectivity index is 1.52. The van der Waals surface area contributed by atoms with E-state index in [9.17, 15) is 10.1 Å². The van der Waals surface area contributed by atoms with Crippen LogP contribution in [0.1, 0.15) is 10.6 Å². The molecule has 2 heterocycles. The van der Waals surface area contributed by atoms with E-state index >= 15 is 0 Å². The molecular formula is C18H12N2O4S. The van der Waals surface area contributed by atoms with Crippen molar-refractivity contribution in [1.82, 2.24) is 4.98 Å². The number of benzene rings is 2. The summed E-state index contributed by atoms with van der Waals surface area (Å²) in [7, 11) is 0. The Kier molecular flexibility index (Phi) is 3.91. The first-order chi connectivity index (χ1) is 12.2. The van der Waals surface area contributed by atoms with Crippen LogP contribution in [0.25, 0.3) is 23.4 Å². The summed E-state index contributed by atoms with van der Waals surface area (Å²) in [6, 6.07) is 12.1. The SMILES string of the molecule is O=[N+]([O-])c1ccc(-c2csc(/C=C/c3ccc4c(c3)OCO4)n2)cc1. The van der Waals surface area contributed by atoms with E-state index in [1.54, 1.807) is 12.1 Å². The number of non-ortho nitro benzene ring substituents is 1. The summed E-state index contributed by atoms with van der Waals surface area (Å²) >= 11 is 1.51. The zero-order chi connectivity index (χ0) is 17.2. The number of nitrogens with zero attached hydrogens (tertiary/aromatic N) is 2. The topological polar surface area (TPSA) is 74.5 Å². The van der Waals surface area contributed by atoms with E-state index in [-0.39, 0.29) is 12.5 Å². The number of ether oxygens (including phenoxy) is 2. The molecule has 0 aliphatic carbocycles. The van der Waals surface area contributed by atoms with Gasteiger partial charge >= 0.3 is 0 Å². The lowest BCUT2D eigenvalue weighted by Gasteiger charge is -1.97. The molecule has 6 nitrogen and oxygen atoms in total. The molecule has 4 rings (SSSR count). The van der Waals surface area contributed by atoms with Gasteiger partial charge in [0.2, 0.25) is 6.79 Å². The standard InChI is InChI=1S/C18H12N2O4S/c21-20(22)14-5-3-13(4-6-14)15-10-25-18(19-15)8-2-12-1-7-16-17(9-12)24-11-23-16/h1-10H,11H2/b8-2+. The minimum Gasteiger partial charge on any atom is -0.454 e. The monoisotopic (exact) mass is 352 g/mol. The van der Waals surface area contributed by atoms with Gasteiger partial charge in [-0.1, -0.05) is 12.1 Å². The van der Waals surface area contributed by atoms with Crippen LogP contribution in [-0.4, -0.2) is 16.7 Å². The highest BCUT2D eigenvalue weighted by atomic mass is 32.1. The van der Waals surface area contributed by atoms with Crippen LogP contribution in [0, 0.1) is 10.1 Å². The van der Waals surface area contributed by atoms with Gasteiger partial charge < -0.3 is 9.47 Å². The molecule has 0 N–H and O–H groups in total. The van der Waals surface area contributed by atoms with Crippen molar-refractivity contribution < 1.29 is 14.4 Å². The van der Waals surface area contributed by atoms with E-state index in [0.29, 0.717) is 0 Å². The predicted octanol–water partition coefficient (Wildman–Crippen LogP) is 4.62. The summed E-state index contributed by atoms with van der Waals surface area (Å²) in [5, 5.41) is 13.5. The Morgan fingerprint density at radius 3 is 2.68 bits per heavy atom. The van der Waals surface area contributed by atoms with Crippen molar-refractivity contribution in [2.24, 2.45) is 0 Å². The summed E-state index contributed by atoms with van der Waals surface area (Å²) in [5.74, 6) is 1.50. The van der Waals surface area contributed by atoms with E-state index < -0.39 is 4.92 Å². The largest absolute Gasteiger partial charge is 0.454 e. The molecule has 1 aliphatic rings. The Morgan fingerprint density at radius 1 is 1.08 bits per heavy atom. The Morgan fingerprint density at radius 2 is 1.88 bits per heavy atom. The van der Waals surface area contributed by atoms with Crippen molar-refractivity contribution in [3.05, 3.63) is 68.5 Å². The van der Waals surface area contributed by atoms with Crippen LogP contribution in [0.4, 0.5) is 5.69 Å². The summed E-state index contributed by atoms with van der Waals surface area (Å²) < 4.78 is 10.7. The van der Waals surface area contributed by atoms with Crippen molar-refractivity contribution in [2.45, 2.75) is 0 Å². The molecule has 0 saturated heterocycles. The fourth-order valence-corrected chi connectivity index (χ4v) is 3.15. The van der Waals surface area contributed by atoms with Gasteiger partial charge in [-0.25, -0.2) is 4.98 Å². The molecule has 0 amide bonds. The van der Waals surface area contributed by atoms with Gasteiger partial charge in [0.25, 0.3) is 5.69 Å². The van der Waals surface area contributed by atoms with Crippen LogP contribution < -0.4 is 9.47 Å². The van der Waals surface area contributed by atoms with E-state index in [1.807, 2.05) is 35.7 Å². The second-order valence-electron chi connectivity index (χ2n) is 5.32. The average molecular weight is 352 g/mol. The number of hydrogen-bond donors (Lipinski definition) is 0. The lowest BCUT2D eigenvalue weighted by Crippen LogP contribution is -1.92. The summed E-state index contributed by atoms with van der Waals surface area (Å²) in [6.07, 6.45) is 3.89. The minimum absolute atomic E-state index is 0.0712. The first-order valence-electron chi connectivity index (χ1n) is 7.47. The number of hydrogen-bond acceptors (Lipinski definition) is 6. The van der Waals surface area contributed by atoms with Crippen molar-refractivity contribution >= 4 is 29.2 Å². The lowest BCUT2D eigenvalue weighted by atomic mass is 10.1. The van der Waals surface area contributed by atoms with Crippen molar-refractivity contribution in [3.63, 3.8) is 0 Å². The molecule has 7 heteroatoms. The molecule has 124 valence electrons. The predicted molar refractivity (Wildman–Crippen MR) is 95.7 cm³/mol. The van der Waals surface area contributed by atoms with Crippen molar-refractivity contribution in [2.75, 3.05) is 6.79 Å². The number of fused-ring (bicyclic) bond motifs is 1. The smallest absolute Gasteiger partial charge is 0.269 e.